The molecule has 2 heterocycles. The second-order valence-electron chi connectivity index (χ2n) is 5.48. The number of anilines is 1. The predicted octanol–water partition coefficient (Wildman–Crippen LogP) is 1.96. The van der Waals surface area contributed by atoms with E-state index >= 15 is 0 Å². The van der Waals surface area contributed by atoms with E-state index in [2.05, 4.69) is 0 Å². The van der Waals surface area contributed by atoms with Crippen LogP contribution in [0.4, 0.5) is 10.5 Å². The zero-order valence-corrected chi connectivity index (χ0v) is 11.5. The molecule has 0 aromatic heterocycles. The molecule has 106 valence electrons. The number of carbonyl (C=O) groups excluding carboxylic acids is 1. The van der Waals surface area contributed by atoms with Crippen LogP contribution in [-0.2, 0) is 11.2 Å². The number of nitrogens with zero attached hydrogens (tertiary/aromatic N) is 2. The number of hydrogen-bond donors (Lipinski definition) is 1. The zero-order valence-electron chi connectivity index (χ0n) is 11.5. The van der Waals surface area contributed by atoms with Crippen LogP contribution in [0, 0.1) is 5.92 Å². The van der Waals surface area contributed by atoms with Crippen LogP contribution >= 0.6 is 0 Å². The van der Waals surface area contributed by atoms with Crippen molar-refractivity contribution in [3.8, 4) is 0 Å². The van der Waals surface area contributed by atoms with Gasteiger partial charge in [0, 0.05) is 24.8 Å². The topological polar surface area (TPSA) is 60.9 Å². The van der Waals surface area contributed by atoms with Crippen molar-refractivity contribution in [1.29, 1.82) is 0 Å². The summed E-state index contributed by atoms with van der Waals surface area (Å²) in [7, 11) is 0. The van der Waals surface area contributed by atoms with Gasteiger partial charge in [0.2, 0.25) is 0 Å². The Hall–Kier alpha value is -2.04. The Labute approximate surface area is 117 Å². The van der Waals surface area contributed by atoms with Gasteiger partial charge < -0.3 is 10.0 Å². The van der Waals surface area contributed by atoms with Crippen molar-refractivity contribution < 1.29 is 14.7 Å². The highest BCUT2D eigenvalue weighted by Crippen LogP contribution is 2.31. The van der Waals surface area contributed by atoms with E-state index in [9.17, 15) is 9.59 Å². The Bertz CT molecular complexity index is 558. The molecular weight excluding hydrogens is 256 g/mol. The van der Waals surface area contributed by atoms with E-state index in [1.165, 1.54) is 5.56 Å². The molecule has 20 heavy (non-hydrogen) atoms. The van der Waals surface area contributed by atoms with Crippen LogP contribution < -0.4 is 4.90 Å². The molecule has 0 saturated carbocycles. The number of carboxylic acid groups (broad SMARTS) is 1. The fraction of sp³-hybridized carbons (Fsp3) is 0.467. The SMILES string of the molecule is CC1C(C(=O)O)CCN1C(=O)N1CCc2ccccc21. The Morgan fingerprint density at radius 2 is 2.00 bits per heavy atom. The lowest BCUT2D eigenvalue weighted by Crippen LogP contribution is -2.45. The summed E-state index contributed by atoms with van der Waals surface area (Å²) < 4.78 is 0. The number of benzene rings is 1. The second kappa shape index (κ2) is 4.81. The fourth-order valence-corrected chi connectivity index (χ4v) is 3.23. The quantitative estimate of drug-likeness (QED) is 0.851. The summed E-state index contributed by atoms with van der Waals surface area (Å²) in [6, 6.07) is 7.59. The standard InChI is InChI=1S/C15H18N2O3/c1-10-12(14(18)19)7-9-16(10)15(20)17-8-6-11-4-2-3-5-13(11)17/h2-5,10,12H,6-9H2,1H3,(H,18,19). The first-order valence-corrected chi connectivity index (χ1v) is 6.98. The van der Waals surface area contributed by atoms with Gasteiger partial charge in [-0.3, -0.25) is 9.69 Å². The average molecular weight is 274 g/mol. The van der Waals surface area contributed by atoms with Crippen molar-refractivity contribution in [3.63, 3.8) is 0 Å². The number of urea groups is 1. The van der Waals surface area contributed by atoms with E-state index in [0.717, 1.165) is 12.1 Å². The van der Waals surface area contributed by atoms with Crippen molar-refractivity contribution in [2.24, 2.45) is 5.92 Å². The normalized spacial score (nSPS) is 24.9. The second-order valence-corrected chi connectivity index (χ2v) is 5.48. The average Bonchev–Trinajstić information content (AvgIpc) is 3.01. The molecule has 2 unspecified atom stereocenters. The monoisotopic (exact) mass is 274 g/mol. The summed E-state index contributed by atoms with van der Waals surface area (Å²) in [4.78, 5) is 27.3. The molecule has 1 fully saturated rings. The molecule has 2 aliphatic heterocycles. The number of carbonyl (C=O) groups is 2. The maximum absolute atomic E-state index is 12.6. The summed E-state index contributed by atoms with van der Waals surface area (Å²) in [5, 5.41) is 9.15. The maximum atomic E-state index is 12.6. The molecule has 0 radical (unpaired) electrons. The molecule has 2 amide bonds. The Morgan fingerprint density at radius 1 is 1.25 bits per heavy atom. The lowest BCUT2D eigenvalue weighted by Gasteiger charge is -2.29. The number of amides is 2. The molecule has 5 heteroatoms. The van der Waals surface area contributed by atoms with Gasteiger partial charge in [-0.05, 0) is 31.4 Å². The number of likely N-dealkylation sites (tertiary alicyclic amines) is 1. The van der Waals surface area contributed by atoms with Crippen LogP contribution in [0.1, 0.15) is 18.9 Å². The molecule has 1 saturated heterocycles. The molecular formula is C15H18N2O3. The van der Waals surface area contributed by atoms with Gasteiger partial charge in [-0.2, -0.15) is 0 Å². The van der Waals surface area contributed by atoms with Gasteiger partial charge >= 0.3 is 12.0 Å². The third-order valence-corrected chi connectivity index (χ3v) is 4.44. The van der Waals surface area contributed by atoms with Gasteiger partial charge in [0.1, 0.15) is 0 Å². The first kappa shape index (κ1) is 13.0. The van der Waals surface area contributed by atoms with Gasteiger partial charge in [0.15, 0.2) is 0 Å². The third kappa shape index (κ3) is 1.94. The lowest BCUT2D eigenvalue weighted by molar-refractivity contribution is -0.142. The molecule has 0 bridgehead atoms. The number of hydrogen-bond acceptors (Lipinski definition) is 2. The van der Waals surface area contributed by atoms with Gasteiger partial charge in [0.05, 0.1) is 5.92 Å². The molecule has 5 nitrogen and oxygen atoms in total. The summed E-state index contributed by atoms with van der Waals surface area (Å²) in [6.07, 6.45) is 1.41. The Morgan fingerprint density at radius 3 is 2.70 bits per heavy atom. The molecule has 0 aliphatic carbocycles. The number of para-hydroxylation sites is 1. The molecule has 1 aromatic carbocycles. The van der Waals surface area contributed by atoms with Gasteiger partial charge in [0.25, 0.3) is 0 Å². The first-order chi connectivity index (χ1) is 9.59. The van der Waals surface area contributed by atoms with Crippen molar-refractivity contribution in [1.82, 2.24) is 4.90 Å². The van der Waals surface area contributed by atoms with Crippen LogP contribution in [0.5, 0.6) is 0 Å². The fourth-order valence-electron chi connectivity index (χ4n) is 3.23. The zero-order chi connectivity index (χ0) is 14.3. The largest absolute Gasteiger partial charge is 0.481 e. The molecule has 0 spiro atoms. The molecule has 1 aromatic rings. The van der Waals surface area contributed by atoms with E-state index in [0.29, 0.717) is 19.5 Å². The van der Waals surface area contributed by atoms with Crippen LogP contribution in [0.25, 0.3) is 0 Å². The van der Waals surface area contributed by atoms with Crippen LogP contribution in [-0.4, -0.2) is 41.1 Å². The highest BCUT2D eigenvalue weighted by molar-refractivity contribution is 5.95. The first-order valence-electron chi connectivity index (χ1n) is 6.98. The van der Waals surface area contributed by atoms with Gasteiger partial charge in [-0.25, -0.2) is 4.79 Å². The molecule has 3 rings (SSSR count). The number of carboxylic acids is 1. The van der Waals surface area contributed by atoms with Crippen LogP contribution in [0.3, 0.4) is 0 Å². The van der Waals surface area contributed by atoms with E-state index in [1.54, 1.807) is 9.80 Å². The van der Waals surface area contributed by atoms with E-state index in [-0.39, 0.29) is 12.1 Å². The van der Waals surface area contributed by atoms with Crippen molar-refractivity contribution in [2.45, 2.75) is 25.8 Å². The minimum absolute atomic E-state index is 0.0637. The molecule has 1 N–H and O–H groups in total. The Balaban J connectivity index is 1.80. The highest BCUT2D eigenvalue weighted by Gasteiger charge is 2.40. The third-order valence-electron chi connectivity index (χ3n) is 4.44. The number of rotatable bonds is 1. The molecule has 2 atom stereocenters. The van der Waals surface area contributed by atoms with Crippen LogP contribution in [0.2, 0.25) is 0 Å². The number of aliphatic carboxylic acids is 1. The van der Waals surface area contributed by atoms with Crippen LogP contribution in [0.15, 0.2) is 24.3 Å². The highest BCUT2D eigenvalue weighted by atomic mass is 16.4. The number of fused-ring (bicyclic) bond motifs is 1. The minimum Gasteiger partial charge on any atom is -0.481 e. The Kier molecular flexibility index (Phi) is 3.12. The van der Waals surface area contributed by atoms with Gasteiger partial charge in [-0.1, -0.05) is 18.2 Å². The predicted molar refractivity (Wildman–Crippen MR) is 74.8 cm³/mol. The summed E-state index contributed by atoms with van der Waals surface area (Å²) in [5.74, 6) is -1.26. The summed E-state index contributed by atoms with van der Waals surface area (Å²) in [5.41, 5.74) is 2.14. The smallest absolute Gasteiger partial charge is 0.324 e. The summed E-state index contributed by atoms with van der Waals surface area (Å²) in [6.45, 7) is 3.03. The van der Waals surface area contributed by atoms with E-state index in [4.69, 9.17) is 5.11 Å². The minimum atomic E-state index is -0.811. The van der Waals surface area contributed by atoms with E-state index < -0.39 is 11.9 Å². The van der Waals surface area contributed by atoms with Gasteiger partial charge in [-0.15, -0.1) is 0 Å². The molecule has 2 aliphatic rings. The van der Waals surface area contributed by atoms with Crippen molar-refractivity contribution in [2.75, 3.05) is 18.0 Å². The maximum Gasteiger partial charge on any atom is 0.324 e. The van der Waals surface area contributed by atoms with Crippen molar-refractivity contribution >= 4 is 17.7 Å². The van der Waals surface area contributed by atoms with Crippen molar-refractivity contribution in [3.05, 3.63) is 29.8 Å². The van der Waals surface area contributed by atoms with E-state index in [1.807, 2.05) is 31.2 Å². The summed E-state index contributed by atoms with van der Waals surface area (Å²) >= 11 is 0. The lowest BCUT2D eigenvalue weighted by atomic mass is 10.0.